The number of rotatable bonds is 5. The second-order valence-electron chi connectivity index (χ2n) is 4.37. The summed E-state index contributed by atoms with van der Waals surface area (Å²) in [4.78, 5) is 16.3. The van der Waals surface area contributed by atoms with Crippen molar-refractivity contribution in [1.29, 1.82) is 0 Å². The largest absolute Gasteiger partial charge is 0.504 e. The first-order valence-electron chi connectivity index (χ1n) is 6.31. The number of nitrogens with one attached hydrogen (secondary N) is 1. The highest BCUT2D eigenvalue weighted by Crippen LogP contribution is 2.21. The Morgan fingerprint density at radius 2 is 2.19 bits per heavy atom. The van der Waals surface area contributed by atoms with Gasteiger partial charge in [-0.2, -0.15) is 0 Å². The molecule has 0 saturated carbocycles. The van der Waals surface area contributed by atoms with Crippen LogP contribution < -0.4 is 5.32 Å². The van der Waals surface area contributed by atoms with E-state index in [0.717, 1.165) is 6.07 Å². The zero-order chi connectivity index (χ0) is 15.2. The minimum atomic E-state index is -0.844. The van der Waals surface area contributed by atoms with Crippen LogP contribution in [-0.2, 0) is 4.74 Å². The molecule has 1 aromatic heterocycles. The van der Waals surface area contributed by atoms with Gasteiger partial charge >= 0.3 is 0 Å². The van der Waals surface area contributed by atoms with Crippen LogP contribution in [0.4, 0.5) is 4.39 Å². The van der Waals surface area contributed by atoms with Crippen LogP contribution in [0.1, 0.15) is 22.1 Å². The fourth-order valence-corrected chi connectivity index (χ4v) is 1.88. The van der Waals surface area contributed by atoms with Crippen LogP contribution in [0.15, 0.2) is 42.6 Å². The first-order chi connectivity index (χ1) is 10.1. The second kappa shape index (κ2) is 6.81. The van der Waals surface area contributed by atoms with E-state index < -0.39 is 23.5 Å². The lowest BCUT2D eigenvalue weighted by Gasteiger charge is -2.17. The molecule has 0 bridgehead atoms. The Hall–Kier alpha value is -2.47. The smallest absolute Gasteiger partial charge is 0.255 e. The number of hydrogen-bond acceptors (Lipinski definition) is 4. The number of hydrogen-bond donors (Lipinski definition) is 2. The number of nitrogens with zero attached hydrogens (tertiary/aromatic N) is 1. The van der Waals surface area contributed by atoms with Crippen molar-refractivity contribution in [2.75, 3.05) is 13.7 Å². The van der Waals surface area contributed by atoms with Gasteiger partial charge in [0.15, 0.2) is 11.6 Å². The predicted octanol–water partition coefficient (Wildman–Crippen LogP) is 2.04. The summed E-state index contributed by atoms with van der Waals surface area (Å²) < 4.78 is 18.3. The monoisotopic (exact) mass is 290 g/mol. The molecule has 0 spiro atoms. The zero-order valence-electron chi connectivity index (χ0n) is 11.4. The van der Waals surface area contributed by atoms with Gasteiger partial charge in [-0.3, -0.25) is 9.78 Å². The highest BCUT2D eigenvalue weighted by Gasteiger charge is 2.20. The van der Waals surface area contributed by atoms with Gasteiger partial charge in [0.2, 0.25) is 0 Å². The van der Waals surface area contributed by atoms with Crippen molar-refractivity contribution in [3.8, 4) is 5.75 Å². The molecule has 0 saturated heterocycles. The third kappa shape index (κ3) is 3.55. The van der Waals surface area contributed by atoms with E-state index in [1.165, 1.54) is 19.2 Å². The van der Waals surface area contributed by atoms with E-state index in [-0.39, 0.29) is 12.2 Å². The summed E-state index contributed by atoms with van der Waals surface area (Å²) in [6.45, 7) is 0.207. The van der Waals surface area contributed by atoms with E-state index in [1.807, 2.05) is 0 Å². The number of carbonyl (C=O) groups excluding carboxylic acids is 1. The zero-order valence-corrected chi connectivity index (χ0v) is 11.4. The topological polar surface area (TPSA) is 71.5 Å². The Bertz CT molecular complexity index is 620. The van der Waals surface area contributed by atoms with Crippen molar-refractivity contribution in [1.82, 2.24) is 10.3 Å². The van der Waals surface area contributed by atoms with Crippen molar-refractivity contribution in [2.24, 2.45) is 0 Å². The molecule has 0 aliphatic carbocycles. The number of phenols is 1. The number of methoxy groups -OCH3 is 1. The molecule has 0 radical (unpaired) electrons. The molecular formula is C15H15FN2O3. The average molecular weight is 290 g/mol. The van der Waals surface area contributed by atoms with Gasteiger partial charge in [0.25, 0.3) is 5.91 Å². The van der Waals surface area contributed by atoms with Crippen molar-refractivity contribution in [3.63, 3.8) is 0 Å². The molecule has 1 amide bonds. The van der Waals surface area contributed by atoms with Crippen molar-refractivity contribution >= 4 is 5.91 Å². The summed E-state index contributed by atoms with van der Waals surface area (Å²) in [5.41, 5.74) is 0.482. The number of ether oxygens (including phenoxy) is 1. The summed E-state index contributed by atoms with van der Waals surface area (Å²) in [6, 6.07) is 8.58. The molecule has 21 heavy (non-hydrogen) atoms. The van der Waals surface area contributed by atoms with Crippen molar-refractivity contribution in [3.05, 3.63) is 59.7 Å². The maximum atomic E-state index is 13.3. The number of pyridine rings is 1. The first kappa shape index (κ1) is 14.9. The van der Waals surface area contributed by atoms with Gasteiger partial charge < -0.3 is 15.2 Å². The molecule has 0 aliphatic rings. The molecule has 1 aromatic carbocycles. The van der Waals surface area contributed by atoms with Gasteiger partial charge in [-0.15, -0.1) is 0 Å². The second-order valence-corrected chi connectivity index (χ2v) is 4.37. The van der Waals surface area contributed by atoms with E-state index in [4.69, 9.17) is 4.74 Å². The third-order valence-corrected chi connectivity index (χ3v) is 2.91. The number of phenolic OH excluding ortho intramolecular Hbond substituents is 1. The van der Waals surface area contributed by atoms with E-state index in [9.17, 15) is 14.3 Å². The van der Waals surface area contributed by atoms with E-state index in [0.29, 0.717) is 5.69 Å². The first-order valence-corrected chi connectivity index (χ1v) is 6.31. The van der Waals surface area contributed by atoms with Gasteiger partial charge in [0.05, 0.1) is 23.9 Å². The normalized spacial score (nSPS) is 11.9. The Morgan fingerprint density at radius 3 is 2.86 bits per heavy atom. The number of para-hydroxylation sites is 1. The molecule has 2 aromatic rings. The maximum Gasteiger partial charge on any atom is 0.255 e. The molecule has 0 aliphatic heterocycles. The highest BCUT2D eigenvalue weighted by molar-refractivity contribution is 5.97. The quantitative estimate of drug-likeness (QED) is 0.884. The van der Waals surface area contributed by atoms with Gasteiger partial charge in [0.1, 0.15) is 0 Å². The molecule has 0 fully saturated rings. The third-order valence-electron chi connectivity index (χ3n) is 2.91. The summed E-state index contributed by atoms with van der Waals surface area (Å²) in [5, 5.41) is 12.3. The van der Waals surface area contributed by atoms with Crippen molar-refractivity contribution in [2.45, 2.75) is 6.04 Å². The summed E-state index contributed by atoms with van der Waals surface area (Å²) in [7, 11) is 1.50. The van der Waals surface area contributed by atoms with Crippen LogP contribution in [0.25, 0.3) is 0 Å². The minimum Gasteiger partial charge on any atom is -0.504 e. The van der Waals surface area contributed by atoms with E-state index in [2.05, 4.69) is 10.3 Å². The Morgan fingerprint density at radius 1 is 1.38 bits per heavy atom. The lowest BCUT2D eigenvalue weighted by molar-refractivity contribution is 0.0891. The lowest BCUT2D eigenvalue weighted by atomic mass is 10.1. The predicted molar refractivity (Wildman–Crippen MR) is 74.4 cm³/mol. The minimum absolute atomic E-state index is 0.132. The maximum absolute atomic E-state index is 13.3. The lowest BCUT2D eigenvalue weighted by Crippen LogP contribution is -2.32. The Kier molecular flexibility index (Phi) is 4.84. The van der Waals surface area contributed by atoms with E-state index in [1.54, 1.807) is 24.4 Å². The Balaban J connectivity index is 2.21. The van der Waals surface area contributed by atoms with Crippen LogP contribution in [0.2, 0.25) is 0 Å². The summed E-state index contributed by atoms with van der Waals surface area (Å²) in [6.07, 6.45) is 1.60. The fraction of sp³-hybridized carbons (Fsp3) is 0.200. The van der Waals surface area contributed by atoms with Gasteiger partial charge in [-0.1, -0.05) is 12.1 Å². The summed E-state index contributed by atoms with van der Waals surface area (Å²) >= 11 is 0. The number of amides is 1. The van der Waals surface area contributed by atoms with Gasteiger partial charge in [0, 0.05) is 13.3 Å². The van der Waals surface area contributed by atoms with Gasteiger partial charge in [-0.25, -0.2) is 4.39 Å². The average Bonchev–Trinajstić information content (AvgIpc) is 2.50. The molecule has 110 valence electrons. The number of benzene rings is 1. The molecule has 1 heterocycles. The van der Waals surface area contributed by atoms with E-state index >= 15 is 0 Å². The number of aromatic nitrogens is 1. The van der Waals surface area contributed by atoms with Gasteiger partial charge in [-0.05, 0) is 24.3 Å². The highest BCUT2D eigenvalue weighted by atomic mass is 19.1. The SMILES string of the molecule is COCC(NC(=O)c1cccc(F)c1O)c1ccccn1. The molecule has 1 atom stereocenters. The van der Waals surface area contributed by atoms with Crippen LogP contribution in [0.3, 0.4) is 0 Å². The molecular weight excluding hydrogens is 275 g/mol. The molecule has 1 unspecified atom stereocenters. The molecule has 6 heteroatoms. The van der Waals surface area contributed by atoms with Crippen LogP contribution in [-0.4, -0.2) is 29.7 Å². The molecule has 5 nitrogen and oxygen atoms in total. The van der Waals surface area contributed by atoms with Crippen molar-refractivity contribution < 1.29 is 19.0 Å². The van der Waals surface area contributed by atoms with Crippen LogP contribution >= 0.6 is 0 Å². The van der Waals surface area contributed by atoms with Crippen LogP contribution in [0.5, 0.6) is 5.75 Å². The number of halogens is 1. The van der Waals surface area contributed by atoms with Crippen LogP contribution in [0, 0.1) is 5.82 Å². The number of aromatic hydroxyl groups is 1. The Labute approximate surface area is 121 Å². The fourth-order valence-electron chi connectivity index (χ4n) is 1.88. The standard InChI is InChI=1S/C15H15FN2O3/c1-21-9-13(12-7-2-3-8-17-12)18-15(20)10-5-4-6-11(16)14(10)19/h2-8,13,19H,9H2,1H3,(H,18,20). The summed E-state index contributed by atoms with van der Waals surface area (Å²) in [5.74, 6) is -2.12. The number of carbonyl (C=O) groups is 1. The molecule has 2 rings (SSSR count). The molecule has 2 N–H and O–H groups in total.